The van der Waals surface area contributed by atoms with Crippen molar-refractivity contribution in [3.63, 3.8) is 0 Å². The van der Waals surface area contributed by atoms with E-state index < -0.39 is 0 Å². The Morgan fingerprint density at radius 1 is 1.04 bits per heavy atom. The van der Waals surface area contributed by atoms with Crippen molar-refractivity contribution in [2.45, 2.75) is 39.7 Å². The summed E-state index contributed by atoms with van der Waals surface area (Å²) in [5.74, 6) is -0.298. The van der Waals surface area contributed by atoms with Gasteiger partial charge in [0, 0.05) is 11.2 Å². The minimum atomic E-state index is -0.268. The van der Waals surface area contributed by atoms with Gasteiger partial charge in [-0.25, -0.2) is 0 Å². The molecule has 4 heteroatoms. The molecule has 146 valence electrons. The fraction of sp³-hybridized carbons (Fsp3) is 0.292. The molecular formula is C24H26ClNO2. The van der Waals surface area contributed by atoms with Gasteiger partial charge in [-0.05, 0) is 54.2 Å². The number of ether oxygens (including phenoxy) is 1. The van der Waals surface area contributed by atoms with Crippen LogP contribution in [0.2, 0.25) is 5.02 Å². The van der Waals surface area contributed by atoms with Gasteiger partial charge >= 0.3 is 5.97 Å². The number of nitrogens with one attached hydrogen (secondary N) is 1. The number of hydrogen-bond acceptors (Lipinski definition) is 2. The second-order valence-corrected chi connectivity index (χ2v) is 7.96. The van der Waals surface area contributed by atoms with Crippen LogP contribution in [-0.2, 0) is 22.6 Å². The van der Waals surface area contributed by atoms with E-state index in [0.29, 0.717) is 0 Å². The number of carbonyl (C=O) groups excluding carboxylic acids is 1. The number of H-pyrrole nitrogens is 1. The first kappa shape index (κ1) is 20.2. The lowest BCUT2D eigenvalue weighted by Gasteiger charge is -2.20. The van der Waals surface area contributed by atoms with Crippen molar-refractivity contribution in [3.05, 3.63) is 93.8 Å². The van der Waals surface area contributed by atoms with Gasteiger partial charge < -0.3 is 9.72 Å². The van der Waals surface area contributed by atoms with E-state index in [2.05, 4.69) is 4.98 Å². The molecule has 0 aliphatic carbocycles. The van der Waals surface area contributed by atoms with Gasteiger partial charge in [0.2, 0.25) is 0 Å². The number of carbonyl (C=O) groups is 1. The van der Waals surface area contributed by atoms with Crippen molar-refractivity contribution in [1.82, 2.24) is 4.98 Å². The van der Waals surface area contributed by atoms with E-state index in [0.717, 1.165) is 33.8 Å². The molecule has 0 fully saturated rings. The summed E-state index contributed by atoms with van der Waals surface area (Å²) in [5.41, 5.74) is 5.38. The molecule has 0 amide bonds. The Labute approximate surface area is 171 Å². The Balaban J connectivity index is 1.67. The SMILES string of the molecule is Cc1ccc(C(C(=O)OCc2[nH]ccc2Cc2ccc(Cl)cc2)C(C)C)cc1. The van der Waals surface area contributed by atoms with E-state index in [1.807, 2.05) is 81.6 Å². The summed E-state index contributed by atoms with van der Waals surface area (Å²) >= 11 is 5.96. The fourth-order valence-electron chi connectivity index (χ4n) is 3.36. The van der Waals surface area contributed by atoms with Gasteiger partial charge in [-0.3, -0.25) is 4.79 Å². The van der Waals surface area contributed by atoms with Gasteiger partial charge in [-0.1, -0.05) is 67.4 Å². The number of esters is 1. The summed E-state index contributed by atoms with van der Waals surface area (Å²) in [6, 6.07) is 17.9. The Morgan fingerprint density at radius 3 is 2.36 bits per heavy atom. The molecule has 0 aliphatic heterocycles. The third-order valence-electron chi connectivity index (χ3n) is 4.95. The van der Waals surface area contributed by atoms with Crippen molar-refractivity contribution in [2.75, 3.05) is 0 Å². The topological polar surface area (TPSA) is 42.1 Å². The van der Waals surface area contributed by atoms with Gasteiger partial charge in [-0.2, -0.15) is 0 Å². The number of aromatic amines is 1. The lowest BCUT2D eigenvalue weighted by molar-refractivity contribution is -0.148. The lowest BCUT2D eigenvalue weighted by Crippen LogP contribution is -2.21. The van der Waals surface area contributed by atoms with Crippen LogP contribution < -0.4 is 0 Å². The van der Waals surface area contributed by atoms with Crippen LogP contribution in [0.5, 0.6) is 0 Å². The maximum Gasteiger partial charge on any atom is 0.314 e. The molecule has 0 aliphatic rings. The van der Waals surface area contributed by atoms with Crippen LogP contribution in [-0.4, -0.2) is 11.0 Å². The minimum Gasteiger partial charge on any atom is -0.459 e. The first-order chi connectivity index (χ1) is 13.4. The molecule has 0 radical (unpaired) electrons. The Morgan fingerprint density at radius 2 is 1.71 bits per heavy atom. The highest BCUT2D eigenvalue weighted by Crippen LogP contribution is 2.27. The number of halogens is 1. The molecule has 3 aromatic rings. The molecule has 1 N–H and O–H groups in total. The molecule has 2 aromatic carbocycles. The third-order valence-corrected chi connectivity index (χ3v) is 5.21. The summed E-state index contributed by atoms with van der Waals surface area (Å²) in [6.07, 6.45) is 2.65. The Kier molecular flexibility index (Phi) is 6.58. The van der Waals surface area contributed by atoms with Crippen molar-refractivity contribution < 1.29 is 9.53 Å². The van der Waals surface area contributed by atoms with Crippen LogP contribution in [0.1, 0.15) is 47.7 Å². The maximum atomic E-state index is 12.8. The van der Waals surface area contributed by atoms with Crippen LogP contribution in [0.4, 0.5) is 0 Å². The van der Waals surface area contributed by atoms with Gasteiger partial charge in [0.05, 0.1) is 11.6 Å². The molecule has 1 unspecified atom stereocenters. The average Bonchev–Trinajstić information content (AvgIpc) is 3.10. The maximum absolute atomic E-state index is 12.8. The standard InChI is InChI=1S/C24H26ClNO2/c1-16(2)23(19-8-4-17(3)5-9-19)24(27)28-15-22-20(12-13-26-22)14-18-6-10-21(25)11-7-18/h4-13,16,23,26H,14-15H2,1-3H3. The Bertz CT molecular complexity index is 911. The minimum absolute atomic E-state index is 0.160. The van der Waals surface area contributed by atoms with Crippen molar-refractivity contribution in [2.24, 2.45) is 5.92 Å². The number of benzene rings is 2. The summed E-state index contributed by atoms with van der Waals surface area (Å²) in [7, 11) is 0. The second-order valence-electron chi connectivity index (χ2n) is 7.52. The molecule has 1 aromatic heterocycles. The molecule has 0 bridgehead atoms. The summed E-state index contributed by atoms with van der Waals surface area (Å²) in [4.78, 5) is 16.0. The molecule has 0 saturated heterocycles. The molecule has 1 heterocycles. The number of rotatable bonds is 7. The highest BCUT2D eigenvalue weighted by atomic mass is 35.5. The zero-order valence-electron chi connectivity index (χ0n) is 16.5. The van der Waals surface area contributed by atoms with E-state index in [1.165, 1.54) is 5.56 Å². The zero-order valence-corrected chi connectivity index (χ0v) is 17.3. The number of aromatic nitrogens is 1. The monoisotopic (exact) mass is 395 g/mol. The van der Waals surface area contributed by atoms with Gasteiger partial charge in [0.15, 0.2) is 0 Å². The van der Waals surface area contributed by atoms with Crippen molar-refractivity contribution >= 4 is 17.6 Å². The van der Waals surface area contributed by atoms with Crippen LogP contribution in [0.3, 0.4) is 0 Å². The summed E-state index contributed by atoms with van der Waals surface area (Å²) < 4.78 is 5.70. The number of aryl methyl sites for hydroxylation is 1. The third kappa shape index (κ3) is 5.05. The van der Waals surface area contributed by atoms with E-state index in [1.54, 1.807) is 0 Å². The van der Waals surface area contributed by atoms with Crippen LogP contribution in [0.15, 0.2) is 60.8 Å². The van der Waals surface area contributed by atoms with Crippen LogP contribution >= 0.6 is 11.6 Å². The predicted molar refractivity (Wildman–Crippen MR) is 114 cm³/mol. The largest absolute Gasteiger partial charge is 0.459 e. The smallest absolute Gasteiger partial charge is 0.314 e. The van der Waals surface area contributed by atoms with Crippen LogP contribution in [0, 0.1) is 12.8 Å². The summed E-state index contributed by atoms with van der Waals surface area (Å²) in [5, 5.41) is 0.725. The van der Waals surface area contributed by atoms with Crippen molar-refractivity contribution in [3.8, 4) is 0 Å². The van der Waals surface area contributed by atoms with Gasteiger partial charge in [0.1, 0.15) is 6.61 Å². The molecule has 0 spiro atoms. The van der Waals surface area contributed by atoms with E-state index >= 15 is 0 Å². The average molecular weight is 396 g/mol. The first-order valence-corrected chi connectivity index (χ1v) is 9.94. The number of hydrogen-bond donors (Lipinski definition) is 1. The first-order valence-electron chi connectivity index (χ1n) is 9.57. The fourth-order valence-corrected chi connectivity index (χ4v) is 3.48. The van der Waals surface area contributed by atoms with E-state index in [-0.39, 0.29) is 24.4 Å². The molecule has 3 rings (SSSR count). The zero-order chi connectivity index (χ0) is 20.1. The second kappa shape index (κ2) is 9.11. The molecule has 3 nitrogen and oxygen atoms in total. The normalized spacial score (nSPS) is 12.2. The van der Waals surface area contributed by atoms with Gasteiger partial charge in [-0.15, -0.1) is 0 Å². The predicted octanol–water partition coefficient (Wildman–Crippen LogP) is 6.05. The van der Waals surface area contributed by atoms with E-state index in [4.69, 9.17) is 16.3 Å². The van der Waals surface area contributed by atoms with E-state index in [9.17, 15) is 4.79 Å². The Hall–Kier alpha value is -2.52. The quantitative estimate of drug-likeness (QED) is 0.495. The molecule has 0 saturated carbocycles. The van der Waals surface area contributed by atoms with Crippen LogP contribution in [0.25, 0.3) is 0 Å². The molecule has 28 heavy (non-hydrogen) atoms. The molecular weight excluding hydrogens is 370 g/mol. The lowest BCUT2D eigenvalue weighted by atomic mass is 9.88. The van der Waals surface area contributed by atoms with Crippen molar-refractivity contribution in [1.29, 1.82) is 0 Å². The van der Waals surface area contributed by atoms with Gasteiger partial charge in [0.25, 0.3) is 0 Å². The highest BCUT2D eigenvalue weighted by Gasteiger charge is 2.26. The molecule has 1 atom stereocenters. The summed E-state index contributed by atoms with van der Waals surface area (Å²) in [6.45, 7) is 6.38. The highest BCUT2D eigenvalue weighted by molar-refractivity contribution is 6.30.